The van der Waals surface area contributed by atoms with Gasteiger partial charge in [-0.2, -0.15) is 5.26 Å². The predicted molar refractivity (Wildman–Crippen MR) is 133 cm³/mol. The molecular formula is C26H35FN6O3. The molecule has 0 unspecified atom stereocenters. The Kier molecular flexibility index (Phi) is 9.02. The lowest BCUT2D eigenvalue weighted by Crippen LogP contribution is -2.42. The molecule has 1 saturated carbocycles. The number of ether oxygens (including phenoxy) is 3. The number of hydrogen-bond acceptors (Lipinski definition) is 9. The zero-order valence-corrected chi connectivity index (χ0v) is 21.0. The predicted octanol–water partition coefficient (Wildman–Crippen LogP) is 3.72. The summed E-state index contributed by atoms with van der Waals surface area (Å²) in [5, 5.41) is 16.7. The summed E-state index contributed by atoms with van der Waals surface area (Å²) >= 11 is 0. The Morgan fingerprint density at radius 2 is 1.92 bits per heavy atom. The number of hydrogen-bond donors (Lipinski definition) is 2. The van der Waals surface area contributed by atoms with Crippen LogP contribution in [0.5, 0.6) is 5.88 Å². The van der Waals surface area contributed by atoms with Gasteiger partial charge in [-0.1, -0.05) is 0 Å². The smallest absolute Gasteiger partial charge is 0.216 e. The van der Waals surface area contributed by atoms with Crippen LogP contribution >= 0.6 is 0 Å². The maximum absolute atomic E-state index is 14.7. The molecule has 2 aliphatic rings. The molecule has 2 aromatic heterocycles. The van der Waals surface area contributed by atoms with Crippen molar-refractivity contribution in [2.24, 2.45) is 5.41 Å². The van der Waals surface area contributed by atoms with Gasteiger partial charge in [-0.05, 0) is 51.5 Å². The van der Waals surface area contributed by atoms with Gasteiger partial charge in [0.05, 0.1) is 30.0 Å². The van der Waals surface area contributed by atoms with E-state index in [1.165, 1.54) is 12.5 Å². The van der Waals surface area contributed by atoms with Gasteiger partial charge in [0.2, 0.25) is 5.88 Å². The Balaban J connectivity index is 1.37. The van der Waals surface area contributed by atoms with E-state index in [-0.39, 0.29) is 12.6 Å². The molecule has 1 atom stereocenters. The first-order valence-electron chi connectivity index (χ1n) is 12.6. The Morgan fingerprint density at radius 1 is 1.17 bits per heavy atom. The monoisotopic (exact) mass is 498 g/mol. The highest BCUT2D eigenvalue weighted by atomic mass is 19.1. The van der Waals surface area contributed by atoms with E-state index in [4.69, 9.17) is 14.2 Å². The second-order valence-corrected chi connectivity index (χ2v) is 9.80. The normalized spacial score (nSPS) is 22.4. The van der Waals surface area contributed by atoms with E-state index in [2.05, 4.69) is 38.6 Å². The van der Waals surface area contributed by atoms with Crippen LogP contribution in [0.1, 0.15) is 45.4 Å². The third-order valence-electron chi connectivity index (χ3n) is 6.97. The molecule has 194 valence electrons. The van der Waals surface area contributed by atoms with Crippen molar-refractivity contribution in [1.82, 2.24) is 20.3 Å². The van der Waals surface area contributed by atoms with Gasteiger partial charge in [-0.15, -0.1) is 0 Å². The minimum Gasteiger partial charge on any atom is -0.476 e. The summed E-state index contributed by atoms with van der Waals surface area (Å²) in [5.41, 5.74) is 0.129. The van der Waals surface area contributed by atoms with Crippen molar-refractivity contribution in [3.05, 3.63) is 30.5 Å². The molecule has 4 rings (SSSR count). The maximum Gasteiger partial charge on any atom is 0.216 e. The van der Waals surface area contributed by atoms with Crippen LogP contribution in [0.4, 0.5) is 10.2 Å². The summed E-state index contributed by atoms with van der Waals surface area (Å²) in [5.74, 6) is 0.450. The third-order valence-corrected chi connectivity index (χ3v) is 6.97. The fourth-order valence-electron chi connectivity index (χ4n) is 4.86. The molecule has 9 nitrogen and oxygen atoms in total. The van der Waals surface area contributed by atoms with Crippen molar-refractivity contribution in [1.29, 1.82) is 5.26 Å². The van der Waals surface area contributed by atoms with Crippen LogP contribution in [0.25, 0.3) is 11.3 Å². The first-order chi connectivity index (χ1) is 17.5. The molecule has 0 amide bonds. The molecule has 10 heteroatoms. The van der Waals surface area contributed by atoms with Gasteiger partial charge < -0.3 is 24.8 Å². The lowest BCUT2D eigenvalue weighted by Gasteiger charge is -2.31. The molecule has 0 radical (unpaired) electrons. The van der Waals surface area contributed by atoms with Gasteiger partial charge in [0, 0.05) is 50.1 Å². The number of aromatic nitrogens is 3. The largest absolute Gasteiger partial charge is 0.476 e. The zero-order chi connectivity index (χ0) is 25.4. The molecule has 2 N–H and O–H groups in total. The van der Waals surface area contributed by atoms with E-state index in [0.717, 1.165) is 25.7 Å². The molecule has 1 aliphatic heterocycles. The Labute approximate surface area is 211 Å². The number of anilines is 1. The number of pyridine rings is 1. The Hall–Kier alpha value is -2.87. The van der Waals surface area contributed by atoms with Crippen molar-refractivity contribution < 1.29 is 18.6 Å². The van der Waals surface area contributed by atoms with Crippen LogP contribution in [0.3, 0.4) is 0 Å². The van der Waals surface area contributed by atoms with Crippen molar-refractivity contribution >= 4 is 5.82 Å². The van der Waals surface area contributed by atoms with Crippen LogP contribution in [-0.2, 0) is 9.47 Å². The Morgan fingerprint density at radius 3 is 2.64 bits per heavy atom. The molecule has 0 bridgehead atoms. The number of rotatable bonds is 10. The summed E-state index contributed by atoms with van der Waals surface area (Å²) < 4.78 is 31.2. The fourth-order valence-corrected chi connectivity index (χ4v) is 4.86. The lowest BCUT2D eigenvalue weighted by atomic mass is 9.83. The SMILES string of the molecule is COC[C@H](C)NC1CCC(Nc2cc(-c3cc(OCC4(C#N)CCOCC4)ncn3)c(F)cn2)CC1. The van der Waals surface area contributed by atoms with Crippen LogP contribution in [0.2, 0.25) is 0 Å². The molecule has 36 heavy (non-hydrogen) atoms. The first kappa shape index (κ1) is 26.2. The van der Waals surface area contributed by atoms with Crippen molar-refractivity contribution in [3.8, 4) is 23.2 Å². The summed E-state index contributed by atoms with van der Waals surface area (Å²) in [6.45, 7) is 4.11. The molecular weight excluding hydrogens is 463 g/mol. The highest BCUT2D eigenvalue weighted by Gasteiger charge is 2.34. The van der Waals surface area contributed by atoms with E-state index in [1.54, 1.807) is 19.2 Å². The quantitative estimate of drug-likeness (QED) is 0.506. The van der Waals surface area contributed by atoms with Crippen molar-refractivity contribution in [2.45, 2.75) is 63.6 Å². The molecule has 2 aromatic rings. The van der Waals surface area contributed by atoms with E-state index >= 15 is 0 Å². The number of nitriles is 1. The van der Waals surface area contributed by atoms with E-state index in [0.29, 0.717) is 67.7 Å². The summed E-state index contributed by atoms with van der Waals surface area (Å²) in [6.07, 6.45) is 7.91. The third kappa shape index (κ3) is 6.87. The number of nitrogens with one attached hydrogen (secondary N) is 2. The standard InChI is InChI=1S/C26H35FN6O3/c1-18(14-34-2)32-19-3-5-20(6-4-19)33-24-11-21(22(27)13-29-24)23-12-25(31-17-30-23)36-16-26(15-28)7-9-35-10-8-26/h11-13,17-20,32H,3-10,14,16H2,1-2H3,(H,29,33)/t18-,19?,20?/m0/s1. The first-order valence-corrected chi connectivity index (χ1v) is 12.6. The number of nitrogens with zero attached hydrogens (tertiary/aromatic N) is 4. The van der Waals surface area contributed by atoms with Gasteiger partial charge in [-0.3, -0.25) is 0 Å². The highest BCUT2D eigenvalue weighted by molar-refractivity contribution is 5.64. The van der Waals surface area contributed by atoms with Crippen LogP contribution in [0, 0.1) is 22.6 Å². The van der Waals surface area contributed by atoms with Gasteiger partial charge >= 0.3 is 0 Å². The molecule has 1 aliphatic carbocycles. The van der Waals surface area contributed by atoms with E-state index < -0.39 is 11.2 Å². The van der Waals surface area contributed by atoms with Gasteiger partial charge in [0.25, 0.3) is 0 Å². The van der Waals surface area contributed by atoms with Gasteiger partial charge in [0.15, 0.2) is 5.82 Å². The van der Waals surface area contributed by atoms with Crippen LogP contribution in [-0.4, -0.2) is 66.6 Å². The zero-order valence-electron chi connectivity index (χ0n) is 21.0. The summed E-state index contributed by atoms with van der Waals surface area (Å²) in [4.78, 5) is 12.7. The average molecular weight is 499 g/mol. The lowest BCUT2D eigenvalue weighted by molar-refractivity contribution is 0.0183. The highest BCUT2D eigenvalue weighted by Crippen LogP contribution is 2.31. The number of halogens is 1. The minimum atomic E-state index is -0.598. The van der Waals surface area contributed by atoms with Gasteiger partial charge in [-0.25, -0.2) is 19.3 Å². The average Bonchev–Trinajstić information content (AvgIpc) is 2.90. The second kappa shape index (κ2) is 12.4. The molecule has 2 fully saturated rings. The second-order valence-electron chi connectivity index (χ2n) is 9.80. The number of methoxy groups -OCH3 is 1. The maximum atomic E-state index is 14.7. The molecule has 3 heterocycles. The van der Waals surface area contributed by atoms with Crippen LogP contribution in [0.15, 0.2) is 24.7 Å². The Bertz CT molecular complexity index is 1030. The molecule has 1 saturated heterocycles. The van der Waals surface area contributed by atoms with Crippen molar-refractivity contribution in [2.75, 3.05) is 38.9 Å². The molecule has 0 aromatic carbocycles. The molecule has 0 spiro atoms. The van der Waals surface area contributed by atoms with E-state index in [9.17, 15) is 9.65 Å². The topological polar surface area (TPSA) is 114 Å². The summed E-state index contributed by atoms with van der Waals surface area (Å²) in [6, 6.07) is 6.74. The van der Waals surface area contributed by atoms with Gasteiger partial charge in [0.1, 0.15) is 18.8 Å². The van der Waals surface area contributed by atoms with Crippen LogP contribution < -0.4 is 15.4 Å². The van der Waals surface area contributed by atoms with Crippen molar-refractivity contribution in [3.63, 3.8) is 0 Å². The minimum absolute atomic E-state index is 0.205. The summed E-state index contributed by atoms with van der Waals surface area (Å²) in [7, 11) is 1.72. The van der Waals surface area contributed by atoms with E-state index in [1.807, 2.05) is 0 Å². The fraction of sp³-hybridized carbons (Fsp3) is 0.615.